The van der Waals surface area contributed by atoms with Crippen LogP contribution < -0.4 is 5.32 Å². The molecule has 0 aliphatic heterocycles. The van der Waals surface area contributed by atoms with Crippen molar-refractivity contribution >= 4 is 28.3 Å². The van der Waals surface area contributed by atoms with Gasteiger partial charge in [0, 0.05) is 12.1 Å². The van der Waals surface area contributed by atoms with Crippen LogP contribution in [0.15, 0.2) is 42.5 Å². The topological polar surface area (TPSA) is 55.4 Å². The highest BCUT2D eigenvalue weighted by Crippen LogP contribution is 2.49. The largest absolute Gasteiger partial charge is 0.456 e. The summed E-state index contributed by atoms with van der Waals surface area (Å²) < 4.78 is 5.18. The Bertz CT molecular complexity index is 801. The fraction of sp³-hybridized carbons (Fsp3) is 0.429. The van der Waals surface area contributed by atoms with Gasteiger partial charge in [0.25, 0.3) is 5.91 Å². The second-order valence-corrected chi connectivity index (χ2v) is 7.41. The predicted octanol–water partition coefficient (Wildman–Crippen LogP) is 4.15. The van der Waals surface area contributed by atoms with E-state index in [-0.39, 0.29) is 18.5 Å². The van der Waals surface area contributed by atoms with Crippen molar-refractivity contribution in [1.29, 1.82) is 0 Å². The Morgan fingerprint density at radius 2 is 1.88 bits per heavy atom. The second kappa shape index (κ2) is 6.87. The van der Waals surface area contributed by atoms with Crippen molar-refractivity contribution in [3.8, 4) is 0 Å². The summed E-state index contributed by atoms with van der Waals surface area (Å²) in [6, 6.07) is 13.7. The molecule has 2 saturated carbocycles. The monoisotopic (exact) mass is 337 g/mol. The van der Waals surface area contributed by atoms with Crippen LogP contribution >= 0.6 is 0 Å². The van der Waals surface area contributed by atoms with E-state index < -0.39 is 0 Å². The zero-order valence-corrected chi connectivity index (χ0v) is 14.2. The highest BCUT2D eigenvalue weighted by atomic mass is 16.5. The van der Waals surface area contributed by atoms with E-state index in [4.69, 9.17) is 4.74 Å². The number of hydrogen-bond acceptors (Lipinski definition) is 3. The van der Waals surface area contributed by atoms with Crippen molar-refractivity contribution in [1.82, 2.24) is 0 Å². The molecule has 0 unspecified atom stereocenters. The van der Waals surface area contributed by atoms with Gasteiger partial charge in [-0.1, -0.05) is 36.8 Å². The lowest BCUT2D eigenvalue weighted by Crippen LogP contribution is -2.23. The molecule has 130 valence electrons. The minimum Gasteiger partial charge on any atom is -0.456 e. The zero-order chi connectivity index (χ0) is 17.2. The van der Waals surface area contributed by atoms with Crippen molar-refractivity contribution < 1.29 is 14.3 Å². The summed E-state index contributed by atoms with van der Waals surface area (Å²) in [7, 11) is 0. The highest BCUT2D eigenvalue weighted by molar-refractivity contribution is 5.95. The van der Waals surface area contributed by atoms with Crippen molar-refractivity contribution in [2.75, 3.05) is 11.9 Å². The number of anilines is 1. The van der Waals surface area contributed by atoms with Gasteiger partial charge in [0.1, 0.15) is 0 Å². The van der Waals surface area contributed by atoms with E-state index in [1.54, 1.807) is 0 Å². The van der Waals surface area contributed by atoms with Crippen molar-refractivity contribution in [3.05, 3.63) is 42.5 Å². The lowest BCUT2D eigenvalue weighted by molar-refractivity contribution is -0.148. The van der Waals surface area contributed by atoms with Crippen molar-refractivity contribution in [2.24, 2.45) is 17.8 Å². The number of rotatable bonds is 5. The van der Waals surface area contributed by atoms with Gasteiger partial charge in [-0.25, -0.2) is 0 Å². The first kappa shape index (κ1) is 16.1. The molecule has 2 aliphatic rings. The van der Waals surface area contributed by atoms with Crippen LogP contribution in [0.5, 0.6) is 0 Å². The average Bonchev–Trinajstić information content (AvgIpc) is 3.23. The molecule has 2 aromatic rings. The number of amides is 1. The van der Waals surface area contributed by atoms with Crippen LogP contribution in [-0.2, 0) is 14.3 Å². The van der Waals surface area contributed by atoms with Crippen molar-refractivity contribution in [3.63, 3.8) is 0 Å². The predicted molar refractivity (Wildman–Crippen MR) is 97.1 cm³/mol. The molecule has 1 N–H and O–H groups in total. The fourth-order valence-electron chi connectivity index (χ4n) is 4.51. The summed E-state index contributed by atoms with van der Waals surface area (Å²) in [5.74, 6) is 1.44. The number of carbonyl (C=O) groups excluding carboxylic acids is 2. The lowest BCUT2D eigenvalue weighted by Gasteiger charge is -2.20. The summed E-state index contributed by atoms with van der Waals surface area (Å²) in [6.07, 6.45) is 5.48. The van der Waals surface area contributed by atoms with E-state index in [1.165, 1.54) is 19.3 Å². The van der Waals surface area contributed by atoms with Gasteiger partial charge >= 0.3 is 5.97 Å². The summed E-state index contributed by atoms with van der Waals surface area (Å²) in [6.45, 7) is -0.216. The molecule has 25 heavy (non-hydrogen) atoms. The molecule has 2 bridgehead atoms. The summed E-state index contributed by atoms with van der Waals surface area (Å²) in [5.41, 5.74) is 0.716. The van der Waals surface area contributed by atoms with E-state index in [2.05, 4.69) is 5.32 Å². The maximum absolute atomic E-state index is 12.0. The molecule has 4 rings (SSSR count). The lowest BCUT2D eigenvalue weighted by atomic mass is 9.86. The third-order valence-corrected chi connectivity index (χ3v) is 5.71. The van der Waals surface area contributed by atoms with E-state index in [0.29, 0.717) is 23.9 Å². The van der Waals surface area contributed by atoms with Gasteiger partial charge < -0.3 is 10.1 Å². The Labute approximate surface area is 147 Å². The molecular formula is C21H23NO3. The Hall–Kier alpha value is -2.36. The molecule has 0 aromatic heterocycles. The Morgan fingerprint density at radius 1 is 1.04 bits per heavy atom. The molecule has 4 heteroatoms. The first-order valence-electron chi connectivity index (χ1n) is 9.11. The smallest absolute Gasteiger partial charge is 0.306 e. The molecule has 4 nitrogen and oxygen atoms in total. The quantitative estimate of drug-likeness (QED) is 0.834. The highest BCUT2D eigenvalue weighted by Gasteiger charge is 2.40. The Morgan fingerprint density at radius 3 is 2.64 bits per heavy atom. The fourth-order valence-corrected chi connectivity index (χ4v) is 4.51. The SMILES string of the molecule is O=C(COC(=O)C[C@H]1C[C@H]2CC[C@H]1C2)Nc1ccc2ccccc2c1. The van der Waals surface area contributed by atoms with Gasteiger partial charge in [-0.15, -0.1) is 0 Å². The van der Waals surface area contributed by atoms with Gasteiger partial charge in [-0.3, -0.25) is 9.59 Å². The molecule has 2 aliphatic carbocycles. The van der Waals surface area contributed by atoms with Crippen molar-refractivity contribution in [2.45, 2.75) is 32.1 Å². The van der Waals surface area contributed by atoms with Gasteiger partial charge in [0.05, 0.1) is 0 Å². The first-order valence-corrected chi connectivity index (χ1v) is 9.11. The van der Waals surface area contributed by atoms with Crippen LogP contribution in [0.3, 0.4) is 0 Å². The van der Waals surface area contributed by atoms with E-state index in [9.17, 15) is 9.59 Å². The van der Waals surface area contributed by atoms with E-state index >= 15 is 0 Å². The molecule has 1 amide bonds. The summed E-state index contributed by atoms with van der Waals surface area (Å²) >= 11 is 0. The molecule has 3 atom stereocenters. The molecule has 0 radical (unpaired) electrons. The number of hydrogen-bond donors (Lipinski definition) is 1. The van der Waals surface area contributed by atoms with Crippen LogP contribution in [0.25, 0.3) is 10.8 Å². The molecule has 0 spiro atoms. The van der Waals surface area contributed by atoms with Gasteiger partial charge in [-0.05, 0) is 59.9 Å². The van der Waals surface area contributed by atoms with Crippen LogP contribution in [0, 0.1) is 17.8 Å². The van der Waals surface area contributed by atoms with Gasteiger partial charge in [0.2, 0.25) is 0 Å². The molecule has 2 fully saturated rings. The second-order valence-electron chi connectivity index (χ2n) is 7.41. The average molecular weight is 337 g/mol. The Kier molecular flexibility index (Phi) is 4.43. The molecule has 0 saturated heterocycles. The molecular weight excluding hydrogens is 314 g/mol. The number of esters is 1. The number of benzene rings is 2. The third-order valence-electron chi connectivity index (χ3n) is 5.71. The number of carbonyl (C=O) groups is 2. The van der Waals surface area contributed by atoms with E-state index in [0.717, 1.165) is 23.1 Å². The maximum atomic E-state index is 12.0. The number of fused-ring (bicyclic) bond motifs is 3. The number of nitrogens with one attached hydrogen (secondary N) is 1. The van der Waals surface area contributed by atoms with Gasteiger partial charge in [0.15, 0.2) is 6.61 Å². The van der Waals surface area contributed by atoms with Crippen LogP contribution in [-0.4, -0.2) is 18.5 Å². The number of ether oxygens (including phenoxy) is 1. The third kappa shape index (κ3) is 3.68. The Balaban J connectivity index is 1.26. The van der Waals surface area contributed by atoms with Gasteiger partial charge in [-0.2, -0.15) is 0 Å². The summed E-state index contributed by atoms with van der Waals surface area (Å²) in [5, 5.41) is 4.98. The molecule has 2 aromatic carbocycles. The van der Waals surface area contributed by atoms with Crippen LogP contribution in [0.4, 0.5) is 5.69 Å². The maximum Gasteiger partial charge on any atom is 0.306 e. The standard InChI is InChI=1S/C21H23NO3/c23-20(22-19-8-7-15-3-1-2-4-16(15)11-19)13-25-21(24)12-18-10-14-5-6-17(18)9-14/h1-4,7-8,11,14,17-18H,5-6,9-10,12-13H2,(H,22,23)/t14-,17-,18+/m0/s1. The van der Waals surface area contributed by atoms with Crippen LogP contribution in [0.1, 0.15) is 32.1 Å². The molecule has 0 heterocycles. The van der Waals surface area contributed by atoms with E-state index in [1.807, 2.05) is 42.5 Å². The minimum atomic E-state index is -0.295. The normalized spacial score (nSPS) is 24.4. The summed E-state index contributed by atoms with van der Waals surface area (Å²) in [4.78, 5) is 24.0. The first-order chi connectivity index (χ1) is 12.2. The minimum absolute atomic E-state index is 0.216. The zero-order valence-electron chi connectivity index (χ0n) is 14.2. The van der Waals surface area contributed by atoms with Crippen LogP contribution in [0.2, 0.25) is 0 Å².